The number of anilines is 1. The minimum Gasteiger partial charge on any atom is -0.354 e. The quantitative estimate of drug-likeness (QED) is 0.337. The summed E-state index contributed by atoms with van der Waals surface area (Å²) in [5, 5.41) is 2.90. The van der Waals surface area contributed by atoms with Crippen molar-refractivity contribution in [2.24, 2.45) is 0 Å². The van der Waals surface area contributed by atoms with Crippen LogP contribution in [0.15, 0.2) is 83.8 Å². The smallest absolute Gasteiger partial charge is 0.264 e. The van der Waals surface area contributed by atoms with Gasteiger partial charge in [0.05, 0.1) is 10.6 Å². The van der Waals surface area contributed by atoms with Gasteiger partial charge >= 0.3 is 0 Å². The van der Waals surface area contributed by atoms with E-state index in [1.165, 1.54) is 17.0 Å². The lowest BCUT2D eigenvalue weighted by molar-refractivity contribution is -0.139. The second-order valence-corrected chi connectivity index (χ2v) is 11.3. The second kappa shape index (κ2) is 13.2. The van der Waals surface area contributed by atoms with Crippen molar-refractivity contribution >= 4 is 27.5 Å². The number of nitrogens with zero attached hydrogens (tertiary/aromatic N) is 2. The van der Waals surface area contributed by atoms with E-state index in [-0.39, 0.29) is 17.3 Å². The summed E-state index contributed by atoms with van der Waals surface area (Å²) in [6.45, 7) is 7.66. The Morgan fingerprint density at radius 1 is 0.921 bits per heavy atom. The first-order valence-electron chi connectivity index (χ1n) is 12.9. The van der Waals surface area contributed by atoms with Gasteiger partial charge < -0.3 is 10.2 Å². The number of sulfonamides is 1. The molecule has 1 unspecified atom stereocenters. The topological polar surface area (TPSA) is 86.8 Å². The van der Waals surface area contributed by atoms with Crippen molar-refractivity contribution in [2.75, 3.05) is 17.4 Å². The van der Waals surface area contributed by atoms with Gasteiger partial charge in [-0.25, -0.2) is 8.42 Å². The number of amides is 2. The lowest BCUT2D eigenvalue weighted by atomic mass is 10.1. The highest BCUT2D eigenvalue weighted by molar-refractivity contribution is 7.92. The van der Waals surface area contributed by atoms with Gasteiger partial charge in [-0.15, -0.1) is 0 Å². The molecule has 0 heterocycles. The Morgan fingerprint density at radius 2 is 1.55 bits per heavy atom. The fourth-order valence-corrected chi connectivity index (χ4v) is 5.61. The largest absolute Gasteiger partial charge is 0.354 e. The van der Waals surface area contributed by atoms with Gasteiger partial charge in [0.25, 0.3) is 10.0 Å². The number of carbonyl (C=O) groups is 2. The van der Waals surface area contributed by atoms with Gasteiger partial charge in [-0.3, -0.25) is 13.9 Å². The van der Waals surface area contributed by atoms with Crippen LogP contribution in [0, 0.1) is 13.8 Å². The Balaban J connectivity index is 2.01. The van der Waals surface area contributed by atoms with Crippen LogP contribution in [0.3, 0.4) is 0 Å². The molecule has 0 aliphatic heterocycles. The van der Waals surface area contributed by atoms with Gasteiger partial charge in [0, 0.05) is 13.1 Å². The molecule has 3 rings (SSSR count). The summed E-state index contributed by atoms with van der Waals surface area (Å²) in [5.74, 6) is -0.737. The van der Waals surface area contributed by atoms with Gasteiger partial charge in [0.2, 0.25) is 11.8 Å². The molecule has 3 aromatic rings. The minimum atomic E-state index is -4.07. The summed E-state index contributed by atoms with van der Waals surface area (Å²) in [6, 6.07) is 22.2. The molecule has 0 aromatic heterocycles. The molecule has 1 N–H and O–H groups in total. The van der Waals surface area contributed by atoms with Gasteiger partial charge in [-0.1, -0.05) is 74.0 Å². The molecular formula is C30H37N3O4S. The van der Waals surface area contributed by atoms with E-state index < -0.39 is 28.5 Å². The molecule has 38 heavy (non-hydrogen) atoms. The number of hydrogen-bond acceptors (Lipinski definition) is 4. The monoisotopic (exact) mass is 535 g/mol. The molecule has 0 bridgehead atoms. The van der Waals surface area contributed by atoms with Crippen LogP contribution in [0.4, 0.5) is 5.69 Å². The minimum absolute atomic E-state index is 0.0914. The number of carbonyl (C=O) groups excluding carboxylic acids is 2. The van der Waals surface area contributed by atoms with Crippen molar-refractivity contribution in [3.8, 4) is 0 Å². The lowest BCUT2D eigenvalue weighted by Crippen LogP contribution is -2.51. The molecule has 1 atom stereocenters. The van der Waals surface area contributed by atoms with Crippen LogP contribution >= 0.6 is 0 Å². The van der Waals surface area contributed by atoms with E-state index in [2.05, 4.69) is 5.32 Å². The van der Waals surface area contributed by atoms with Crippen LogP contribution < -0.4 is 9.62 Å². The normalized spacial score (nSPS) is 12.0. The van der Waals surface area contributed by atoms with E-state index in [1.54, 1.807) is 31.2 Å². The highest BCUT2D eigenvalue weighted by atomic mass is 32.2. The summed E-state index contributed by atoms with van der Waals surface area (Å²) >= 11 is 0. The van der Waals surface area contributed by atoms with Crippen LogP contribution in [0.5, 0.6) is 0 Å². The zero-order valence-corrected chi connectivity index (χ0v) is 23.4. The summed E-state index contributed by atoms with van der Waals surface area (Å²) < 4.78 is 28.9. The van der Waals surface area contributed by atoms with Crippen molar-refractivity contribution in [3.05, 3.63) is 95.6 Å². The summed E-state index contributed by atoms with van der Waals surface area (Å²) in [7, 11) is -4.07. The van der Waals surface area contributed by atoms with Crippen molar-refractivity contribution in [2.45, 2.75) is 58.0 Å². The number of benzene rings is 3. The van der Waals surface area contributed by atoms with Crippen molar-refractivity contribution < 1.29 is 18.0 Å². The van der Waals surface area contributed by atoms with E-state index >= 15 is 0 Å². The summed E-state index contributed by atoms with van der Waals surface area (Å²) in [6.07, 6.45) is 1.77. The maximum atomic E-state index is 13.9. The van der Waals surface area contributed by atoms with Gasteiger partial charge in [0.1, 0.15) is 12.6 Å². The fraction of sp³-hybridized carbons (Fsp3) is 0.333. The molecular weight excluding hydrogens is 498 g/mol. The third-order valence-corrected chi connectivity index (χ3v) is 8.21. The van der Waals surface area contributed by atoms with Crippen molar-refractivity contribution in [1.29, 1.82) is 0 Å². The van der Waals surface area contributed by atoms with Crippen LogP contribution in [-0.2, 0) is 26.2 Å². The predicted molar refractivity (Wildman–Crippen MR) is 151 cm³/mol. The van der Waals surface area contributed by atoms with Crippen LogP contribution in [0.25, 0.3) is 0 Å². The number of aryl methyl sites for hydroxylation is 2. The first-order valence-corrected chi connectivity index (χ1v) is 14.3. The van der Waals surface area contributed by atoms with E-state index in [0.717, 1.165) is 33.8 Å². The molecule has 3 aromatic carbocycles. The second-order valence-electron chi connectivity index (χ2n) is 9.44. The molecule has 7 nitrogen and oxygen atoms in total. The van der Waals surface area contributed by atoms with E-state index in [0.29, 0.717) is 12.2 Å². The van der Waals surface area contributed by atoms with Crippen molar-refractivity contribution in [3.63, 3.8) is 0 Å². The molecule has 0 saturated heterocycles. The molecule has 0 radical (unpaired) electrons. The van der Waals surface area contributed by atoms with Gasteiger partial charge in [0.15, 0.2) is 0 Å². The molecule has 2 amide bonds. The van der Waals surface area contributed by atoms with Crippen LogP contribution in [0.1, 0.15) is 43.4 Å². The Kier molecular flexibility index (Phi) is 10.1. The Morgan fingerprint density at radius 3 is 2.18 bits per heavy atom. The molecule has 202 valence electrons. The lowest BCUT2D eigenvalue weighted by Gasteiger charge is -2.32. The van der Waals surface area contributed by atoms with E-state index in [1.807, 2.05) is 63.2 Å². The molecule has 0 aliphatic carbocycles. The maximum Gasteiger partial charge on any atom is 0.264 e. The zero-order chi connectivity index (χ0) is 27.7. The Hall–Kier alpha value is -3.65. The molecule has 8 heteroatoms. The number of hydrogen-bond donors (Lipinski definition) is 1. The first-order chi connectivity index (χ1) is 18.1. The summed E-state index contributed by atoms with van der Waals surface area (Å²) in [4.78, 5) is 28.5. The van der Waals surface area contributed by atoms with Gasteiger partial charge in [-0.2, -0.15) is 0 Å². The summed E-state index contributed by atoms with van der Waals surface area (Å²) in [5.41, 5.74) is 2.87. The number of unbranched alkanes of at least 4 members (excludes halogenated alkanes) is 1. The third kappa shape index (κ3) is 7.22. The first kappa shape index (κ1) is 28.9. The average molecular weight is 536 g/mol. The van der Waals surface area contributed by atoms with Crippen molar-refractivity contribution in [1.82, 2.24) is 10.2 Å². The standard InChI is InChI=1S/C30H37N3O4S/c1-5-6-19-31-30(35)25(4)32(21-26-13-9-7-10-14-26)29(34)22-33(28-20-23(2)17-18-24(28)3)38(36,37)27-15-11-8-12-16-27/h7-18,20,25H,5-6,19,21-22H2,1-4H3,(H,31,35). The average Bonchev–Trinajstić information content (AvgIpc) is 2.92. The zero-order valence-electron chi connectivity index (χ0n) is 22.6. The number of nitrogens with one attached hydrogen (secondary N) is 1. The molecule has 0 fully saturated rings. The fourth-order valence-electron chi connectivity index (χ4n) is 4.12. The highest BCUT2D eigenvalue weighted by Crippen LogP contribution is 2.28. The molecule has 0 spiro atoms. The van der Waals surface area contributed by atoms with Gasteiger partial charge in [-0.05, 0) is 62.1 Å². The van der Waals surface area contributed by atoms with Crippen LogP contribution in [0.2, 0.25) is 0 Å². The predicted octanol–water partition coefficient (Wildman–Crippen LogP) is 4.83. The Labute approximate surface area is 226 Å². The Bertz CT molecular complexity index is 1330. The van der Waals surface area contributed by atoms with Crippen LogP contribution in [-0.4, -0.2) is 44.3 Å². The number of rotatable bonds is 12. The van der Waals surface area contributed by atoms with E-state index in [4.69, 9.17) is 0 Å². The SMILES string of the molecule is CCCCNC(=O)C(C)N(Cc1ccccc1)C(=O)CN(c1cc(C)ccc1C)S(=O)(=O)c1ccccc1. The third-order valence-electron chi connectivity index (χ3n) is 6.44. The maximum absolute atomic E-state index is 13.9. The molecule has 0 aliphatic rings. The highest BCUT2D eigenvalue weighted by Gasteiger charge is 2.33. The molecule has 0 saturated carbocycles. The van der Waals surface area contributed by atoms with E-state index in [9.17, 15) is 18.0 Å².